The average Bonchev–Trinajstić information content (AvgIpc) is 3.41. The molecule has 0 saturated carbocycles. The summed E-state index contributed by atoms with van der Waals surface area (Å²) in [6.07, 6.45) is -1.52. The van der Waals surface area contributed by atoms with E-state index in [1.165, 1.54) is 53.7 Å². The first-order chi connectivity index (χ1) is 16.1. The van der Waals surface area contributed by atoms with E-state index in [2.05, 4.69) is 15.5 Å². The minimum Gasteiger partial charge on any atom is -0.319 e. The van der Waals surface area contributed by atoms with Gasteiger partial charge in [-0.3, -0.25) is 9.59 Å². The van der Waals surface area contributed by atoms with E-state index in [1.54, 1.807) is 12.3 Å². The first kappa shape index (κ1) is 22.9. The highest BCUT2D eigenvalue weighted by molar-refractivity contribution is 6.47. The third kappa shape index (κ3) is 4.32. The van der Waals surface area contributed by atoms with Crippen LogP contribution in [0.4, 0.5) is 23.2 Å². The number of Topliss-reactive ketones (excluding diaryl/α,β-unsaturated/α-hetero) is 1. The number of carbonyl (C=O) groups excluding carboxylic acids is 2. The van der Waals surface area contributed by atoms with Crippen LogP contribution in [0.1, 0.15) is 27.3 Å². The normalized spacial score (nSPS) is 11.5. The lowest BCUT2D eigenvalue weighted by atomic mass is 10.1. The van der Waals surface area contributed by atoms with Crippen molar-refractivity contribution in [1.29, 1.82) is 0 Å². The van der Waals surface area contributed by atoms with Crippen LogP contribution in [0.3, 0.4) is 0 Å². The second-order valence-electron chi connectivity index (χ2n) is 7.41. The third-order valence-corrected chi connectivity index (χ3v) is 5.10. The van der Waals surface area contributed by atoms with E-state index < -0.39 is 29.2 Å². The van der Waals surface area contributed by atoms with E-state index in [0.717, 1.165) is 18.2 Å². The smallest absolute Gasteiger partial charge is 0.319 e. The van der Waals surface area contributed by atoms with Crippen LogP contribution in [0.15, 0.2) is 60.9 Å². The molecule has 34 heavy (non-hydrogen) atoms. The fraction of sp³-hybridized carbons (Fsp3) is 0.130. The van der Waals surface area contributed by atoms with Gasteiger partial charge in [-0.05, 0) is 56.3 Å². The van der Waals surface area contributed by atoms with Crippen molar-refractivity contribution in [3.63, 3.8) is 0 Å². The summed E-state index contributed by atoms with van der Waals surface area (Å²) >= 11 is 0. The predicted molar refractivity (Wildman–Crippen MR) is 115 cm³/mol. The van der Waals surface area contributed by atoms with Gasteiger partial charge in [0.05, 0.1) is 28.2 Å². The quantitative estimate of drug-likeness (QED) is 0.261. The number of alkyl halides is 3. The Labute approximate surface area is 190 Å². The molecule has 0 aliphatic heterocycles. The van der Waals surface area contributed by atoms with Crippen LogP contribution in [0.25, 0.3) is 11.4 Å². The number of anilines is 1. The molecule has 0 aliphatic rings. The van der Waals surface area contributed by atoms with E-state index in [4.69, 9.17) is 0 Å². The van der Waals surface area contributed by atoms with Gasteiger partial charge in [-0.2, -0.15) is 23.4 Å². The molecule has 4 aromatic rings. The average molecular weight is 471 g/mol. The molecule has 4 rings (SSSR count). The second kappa shape index (κ2) is 8.58. The minimum atomic E-state index is -4.55. The van der Waals surface area contributed by atoms with Crippen molar-refractivity contribution in [2.24, 2.45) is 0 Å². The summed E-state index contributed by atoms with van der Waals surface area (Å²) in [7, 11) is 0. The van der Waals surface area contributed by atoms with E-state index in [0.29, 0.717) is 0 Å². The van der Waals surface area contributed by atoms with E-state index >= 15 is 0 Å². The van der Waals surface area contributed by atoms with Crippen molar-refractivity contribution in [2.75, 3.05) is 5.32 Å². The topological polar surface area (TPSA) is 81.8 Å². The van der Waals surface area contributed by atoms with Gasteiger partial charge in [0.25, 0.3) is 11.7 Å². The molecule has 1 N–H and O–H groups in total. The van der Waals surface area contributed by atoms with Crippen molar-refractivity contribution in [3.05, 3.63) is 89.3 Å². The Morgan fingerprint density at radius 1 is 1.03 bits per heavy atom. The molecule has 0 saturated heterocycles. The number of nitrogens with one attached hydrogen (secondary N) is 1. The highest BCUT2D eigenvalue weighted by Crippen LogP contribution is 2.31. The highest BCUT2D eigenvalue weighted by Gasteiger charge is 2.31. The van der Waals surface area contributed by atoms with Gasteiger partial charge in [0.1, 0.15) is 5.69 Å². The molecule has 0 atom stereocenters. The van der Waals surface area contributed by atoms with Crippen molar-refractivity contribution in [2.45, 2.75) is 20.0 Å². The van der Waals surface area contributed by atoms with Gasteiger partial charge in [0.2, 0.25) is 0 Å². The van der Waals surface area contributed by atoms with Crippen molar-refractivity contribution in [3.8, 4) is 11.4 Å². The molecule has 174 valence electrons. The van der Waals surface area contributed by atoms with Crippen LogP contribution in [0, 0.1) is 19.7 Å². The standard InChI is InChI=1S/C23H17F4N5O2/c1-13-20(14(2)32(30-13)17-6-3-5-15(11-17)23(25,26)27)21(33)22(34)29-16-7-8-19(18(24)12-16)31-10-4-9-28-31/h3-12H,1-2H3,(H,29,34). The molecule has 2 aromatic carbocycles. The summed E-state index contributed by atoms with van der Waals surface area (Å²) in [5.41, 5.74) is -0.276. The molecule has 1 amide bonds. The molecule has 0 unspecified atom stereocenters. The highest BCUT2D eigenvalue weighted by atomic mass is 19.4. The van der Waals surface area contributed by atoms with Crippen LogP contribution < -0.4 is 5.32 Å². The molecular weight excluding hydrogens is 454 g/mol. The molecule has 11 heteroatoms. The maximum atomic E-state index is 14.4. The van der Waals surface area contributed by atoms with Gasteiger partial charge in [-0.15, -0.1) is 0 Å². The number of rotatable bonds is 5. The summed E-state index contributed by atoms with van der Waals surface area (Å²) in [6, 6.07) is 9.94. The summed E-state index contributed by atoms with van der Waals surface area (Å²) in [5.74, 6) is -2.66. The maximum Gasteiger partial charge on any atom is 0.416 e. The maximum absolute atomic E-state index is 14.4. The van der Waals surface area contributed by atoms with Gasteiger partial charge >= 0.3 is 6.18 Å². The zero-order valence-electron chi connectivity index (χ0n) is 17.9. The van der Waals surface area contributed by atoms with Crippen molar-refractivity contribution < 1.29 is 27.2 Å². The zero-order chi connectivity index (χ0) is 24.6. The van der Waals surface area contributed by atoms with Gasteiger partial charge in [0.15, 0.2) is 5.82 Å². The number of hydrogen-bond donors (Lipinski definition) is 1. The van der Waals surface area contributed by atoms with E-state index in [-0.39, 0.29) is 34.0 Å². The SMILES string of the molecule is Cc1nn(-c2cccc(C(F)(F)F)c2)c(C)c1C(=O)C(=O)Nc1ccc(-n2cccn2)c(F)c1. The van der Waals surface area contributed by atoms with Crippen LogP contribution in [-0.4, -0.2) is 31.3 Å². The number of carbonyl (C=O) groups is 2. The number of nitrogens with zero attached hydrogens (tertiary/aromatic N) is 4. The number of aromatic nitrogens is 4. The second-order valence-corrected chi connectivity index (χ2v) is 7.41. The Morgan fingerprint density at radius 3 is 2.44 bits per heavy atom. The number of benzene rings is 2. The monoisotopic (exact) mass is 471 g/mol. The molecule has 0 fully saturated rings. The van der Waals surface area contributed by atoms with Crippen molar-refractivity contribution >= 4 is 17.4 Å². The lowest BCUT2D eigenvalue weighted by molar-refractivity contribution is -0.137. The fourth-order valence-electron chi connectivity index (χ4n) is 3.52. The van der Waals surface area contributed by atoms with Crippen LogP contribution in [0.2, 0.25) is 0 Å². The number of hydrogen-bond acceptors (Lipinski definition) is 4. The van der Waals surface area contributed by atoms with Gasteiger partial charge in [-0.25, -0.2) is 13.8 Å². The Balaban J connectivity index is 1.59. The predicted octanol–water partition coefficient (Wildman–Crippen LogP) is 4.65. The summed E-state index contributed by atoms with van der Waals surface area (Å²) in [5, 5.41) is 10.4. The Bertz CT molecular complexity index is 1390. The van der Waals surface area contributed by atoms with Crippen LogP contribution in [-0.2, 0) is 11.0 Å². The molecule has 7 nitrogen and oxygen atoms in total. The third-order valence-electron chi connectivity index (χ3n) is 5.10. The first-order valence-electron chi connectivity index (χ1n) is 9.95. The van der Waals surface area contributed by atoms with Gasteiger partial charge in [0, 0.05) is 18.1 Å². The van der Waals surface area contributed by atoms with Crippen molar-refractivity contribution in [1.82, 2.24) is 19.6 Å². The summed E-state index contributed by atoms with van der Waals surface area (Å²) in [4.78, 5) is 25.4. The lowest BCUT2D eigenvalue weighted by Crippen LogP contribution is -2.24. The lowest BCUT2D eigenvalue weighted by Gasteiger charge is -2.10. The Hall–Kier alpha value is -4.28. The molecule has 0 spiro atoms. The molecular formula is C23H17F4N5O2. The zero-order valence-corrected chi connectivity index (χ0v) is 17.9. The number of halogens is 4. The Kier molecular flexibility index (Phi) is 5.78. The van der Waals surface area contributed by atoms with E-state index in [1.807, 2.05) is 0 Å². The Morgan fingerprint density at radius 2 is 1.79 bits per heavy atom. The summed E-state index contributed by atoms with van der Waals surface area (Å²) in [6.45, 7) is 2.94. The van der Waals surface area contributed by atoms with Gasteiger partial charge < -0.3 is 5.32 Å². The number of ketones is 1. The van der Waals surface area contributed by atoms with Crippen LogP contribution >= 0.6 is 0 Å². The largest absolute Gasteiger partial charge is 0.416 e. The minimum absolute atomic E-state index is 0.0485. The van der Waals surface area contributed by atoms with E-state index in [9.17, 15) is 27.2 Å². The molecule has 0 bridgehead atoms. The first-order valence-corrected chi connectivity index (χ1v) is 9.95. The number of amides is 1. The fourth-order valence-corrected chi connectivity index (χ4v) is 3.52. The summed E-state index contributed by atoms with van der Waals surface area (Å²) < 4.78 is 56.1. The number of aryl methyl sites for hydroxylation is 1. The van der Waals surface area contributed by atoms with Gasteiger partial charge in [-0.1, -0.05) is 6.07 Å². The molecule has 0 radical (unpaired) electrons. The van der Waals surface area contributed by atoms with Crippen LogP contribution in [0.5, 0.6) is 0 Å². The molecule has 0 aliphatic carbocycles. The molecule has 2 aromatic heterocycles. The molecule has 2 heterocycles.